The molecule has 3 N–H and O–H groups in total. The second kappa shape index (κ2) is 40.2. The fourth-order valence-electron chi connectivity index (χ4n) is 22.3. The number of amides is 3. The summed E-state index contributed by atoms with van der Waals surface area (Å²) in [6, 6.07) is 108. The molecule has 6 aromatic heterocycles. The van der Waals surface area contributed by atoms with Crippen LogP contribution in [0.25, 0.3) is 66.1 Å². The van der Waals surface area contributed by atoms with Gasteiger partial charge in [0.25, 0.3) is 0 Å². The van der Waals surface area contributed by atoms with Crippen molar-refractivity contribution >= 4 is 58.3 Å². The van der Waals surface area contributed by atoms with Crippen molar-refractivity contribution in [3.8, 4) is 33.4 Å². The van der Waals surface area contributed by atoms with Gasteiger partial charge in [-0.2, -0.15) is 0 Å². The zero-order chi connectivity index (χ0) is 98.3. The molecule has 3 amide bonds. The number of carbonyl (C=O) groups is 3. The zero-order valence-electron chi connectivity index (χ0n) is 83.2. The van der Waals surface area contributed by atoms with Gasteiger partial charge in [0.1, 0.15) is 34.6 Å². The number of phosphoric acid groups is 1. The van der Waals surface area contributed by atoms with Gasteiger partial charge in [0.05, 0.1) is 55.7 Å². The van der Waals surface area contributed by atoms with Crippen LogP contribution in [0.5, 0.6) is 0 Å². The van der Waals surface area contributed by atoms with Crippen molar-refractivity contribution < 1.29 is 45.8 Å². The number of aromatic nitrogens is 3. The highest BCUT2D eigenvalue weighted by molar-refractivity contribution is 7.48. The van der Waals surface area contributed by atoms with Gasteiger partial charge in [0.2, 0.25) is 17.7 Å². The normalized spacial score (nSPS) is 14.0. The molecule has 0 atom stereocenters. The average Bonchev–Trinajstić information content (AvgIpc) is 1.58. The van der Waals surface area contributed by atoms with Crippen molar-refractivity contribution in [2.24, 2.45) is 0 Å². The Morgan fingerprint density at radius 2 is 0.552 bits per heavy atom. The standard InChI is InChI=1S/C126H123N6O10P/c1-82-40-46-100(85(4)64-82)109-67-88(7)140-118(109)76-127-121(133)124(55-56-124)97-43-49-112-106(73-97)103(115(70-91-28-16-10-17-29-91)130(112)79-94-34-22-13-23-35-94)52-61-137-143(136,138-62-53-104-107-74-98(44-50-113(107)131(80-95-36-24-14-25-37-95)116(104)71-92-30-18-11-19-31-92)125(57-58-125)122(134)128-77-119-110(68-89(8)141-119)101-47-41-83(2)65-86(101)5)139-63-54-105-108-75-99(45-51-114(108)132(81-96-38-26-15-27-39-96)117(105)72-93-32-20-12-21-33-93)126(59-60-126)123(135)129-78-120-111(69-90(9)142-120)102-48-42-84(3)66-87(102)6/h10-51,64-69,73-75H,52-63,70-72,76-81H2,1-9H3,(H,127,133)(H,128,134)(H,129,135). The Labute approximate surface area is 837 Å². The Kier molecular flexibility index (Phi) is 26.7. The van der Waals surface area contributed by atoms with Crippen molar-refractivity contribution in [1.82, 2.24) is 29.7 Å². The predicted molar refractivity (Wildman–Crippen MR) is 570 cm³/mol. The zero-order valence-corrected chi connectivity index (χ0v) is 84.1. The topological polar surface area (TPSA) is 186 Å². The van der Waals surface area contributed by atoms with E-state index < -0.39 is 24.1 Å². The first-order chi connectivity index (χ1) is 69.5. The molecule has 0 bridgehead atoms. The van der Waals surface area contributed by atoms with Gasteiger partial charge in [-0.05, 0) is 275 Å². The monoisotopic (exact) mass is 1910 g/mol. The summed E-state index contributed by atoms with van der Waals surface area (Å²) in [6.45, 7) is 20.6. The lowest BCUT2D eigenvalue weighted by Crippen LogP contribution is -2.34. The fraction of sp³-hybridized carbons (Fsp3) is 0.262. The maximum absolute atomic E-state index is 17.3. The van der Waals surface area contributed by atoms with Crippen LogP contribution in [0, 0.1) is 62.3 Å². The summed E-state index contributed by atoms with van der Waals surface area (Å²) in [5, 5.41) is 13.1. The van der Waals surface area contributed by atoms with E-state index in [-0.39, 0.29) is 76.4 Å². The third-order valence-corrected chi connectivity index (χ3v) is 31.6. The molecule has 0 aliphatic heterocycles. The molecule has 3 saturated carbocycles. The number of phosphoric ester groups is 1. The molecule has 0 radical (unpaired) electrons. The smallest absolute Gasteiger partial charge is 0.464 e. The van der Waals surface area contributed by atoms with Crippen LogP contribution in [0.3, 0.4) is 0 Å². The van der Waals surface area contributed by atoms with Gasteiger partial charge in [-0.25, -0.2) is 4.57 Å². The number of hydrogen-bond acceptors (Lipinski definition) is 10. The average molecular weight is 1910 g/mol. The van der Waals surface area contributed by atoms with Crippen molar-refractivity contribution in [2.45, 2.75) is 195 Å². The Hall–Kier alpha value is -14.4. The number of fused-ring (bicyclic) bond motifs is 3. The van der Waals surface area contributed by atoms with Crippen molar-refractivity contribution in [1.29, 1.82) is 0 Å². The van der Waals surface area contributed by atoms with Crippen LogP contribution in [-0.4, -0.2) is 51.2 Å². The largest absolute Gasteiger partial charge is 0.474 e. The summed E-state index contributed by atoms with van der Waals surface area (Å²) < 4.78 is 65.3. The quantitative estimate of drug-likeness (QED) is 0.0313. The molecule has 17 heteroatoms. The second-order valence-corrected chi connectivity index (χ2v) is 41.9. The van der Waals surface area contributed by atoms with E-state index in [2.05, 4.69) is 344 Å². The lowest BCUT2D eigenvalue weighted by Gasteiger charge is -2.20. The molecule has 3 fully saturated rings. The van der Waals surface area contributed by atoms with E-state index in [1.807, 2.05) is 57.2 Å². The molecule has 0 unspecified atom stereocenters. The Morgan fingerprint density at radius 1 is 0.301 bits per heavy atom. The van der Waals surface area contributed by atoms with Gasteiger partial charge in [0, 0.05) is 105 Å². The molecule has 21 rings (SSSR count). The summed E-state index contributed by atoms with van der Waals surface area (Å²) in [7, 11) is -4.70. The van der Waals surface area contributed by atoms with Gasteiger partial charge in [-0.1, -0.05) is 271 Å². The first kappa shape index (κ1) is 94.8. The molecule has 0 spiro atoms. The van der Waals surface area contributed by atoms with E-state index in [9.17, 15) is 0 Å². The lowest BCUT2D eigenvalue weighted by atomic mass is 9.92. The third kappa shape index (κ3) is 19.8. The van der Waals surface area contributed by atoms with Gasteiger partial charge >= 0.3 is 7.82 Å². The molecular formula is C126H123N6O10P. The number of hydrogen-bond donors (Lipinski definition) is 3. The summed E-state index contributed by atoms with van der Waals surface area (Å²) in [6.07, 6.45) is 6.49. The number of aryl methyl sites for hydroxylation is 9. The van der Waals surface area contributed by atoms with E-state index >= 15 is 18.9 Å². The number of benzene rings is 12. The summed E-state index contributed by atoms with van der Waals surface area (Å²) in [5.74, 6) is 4.28. The highest BCUT2D eigenvalue weighted by Gasteiger charge is 2.54. The summed E-state index contributed by atoms with van der Waals surface area (Å²) >= 11 is 0. The van der Waals surface area contributed by atoms with Crippen LogP contribution in [0.4, 0.5) is 0 Å². The first-order valence-electron chi connectivity index (χ1n) is 50.6. The van der Waals surface area contributed by atoms with E-state index in [0.717, 1.165) is 184 Å². The molecule has 3 aliphatic carbocycles. The molecule has 0 saturated heterocycles. The SMILES string of the molecule is Cc1ccc(-c2cc(C)oc2CNC(=O)C2(c3ccc4c(c3)c(CCOP(=O)(OCCc3c(Cc5ccccc5)n(Cc5ccccc5)c5ccc(C6(C(=O)NCc7oc(C)cc7-c7ccc(C)cc7C)CC6)cc35)OCCc3c(Cc5ccccc5)n(Cc5ccccc5)c5ccc(C6(C(=O)NCc7oc(C)cc7-c7ccc(C)cc7C)CC6)cc35)c(Cc3ccccc3)n4Cc3ccccc3)CC2)c(C)c1. The van der Waals surface area contributed by atoms with Gasteiger partial charge in [0.15, 0.2) is 0 Å². The van der Waals surface area contributed by atoms with Crippen LogP contribution in [0.1, 0.15) is 190 Å². The van der Waals surface area contributed by atoms with Crippen LogP contribution in [0.15, 0.2) is 323 Å². The van der Waals surface area contributed by atoms with Crippen LogP contribution in [-0.2, 0) is 127 Å². The number of rotatable bonds is 39. The number of furan rings is 3. The van der Waals surface area contributed by atoms with Gasteiger partial charge < -0.3 is 42.9 Å². The number of nitrogens with one attached hydrogen (secondary N) is 3. The lowest BCUT2D eigenvalue weighted by molar-refractivity contribution is -0.124. The maximum Gasteiger partial charge on any atom is 0.474 e. The van der Waals surface area contributed by atoms with E-state index in [1.54, 1.807) is 0 Å². The van der Waals surface area contributed by atoms with Crippen LogP contribution in [0.2, 0.25) is 0 Å². The number of nitrogens with zero attached hydrogens (tertiary/aromatic N) is 3. The maximum atomic E-state index is 17.3. The third-order valence-electron chi connectivity index (χ3n) is 30.1. The fourth-order valence-corrected chi connectivity index (χ4v) is 23.5. The van der Waals surface area contributed by atoms with Crippen molar-refractivity contribution in [3.63, 3.8) is 0 Å². The molecule has 6 heterocycles. The minimum atomic E-state index is -4.70. The summed E-state index contributed by atoms with van der Waals surface area (Å²) in [5.41, 5.74) is 29.2. The Balaban J connectivity index is 0.658. The van der Waals surface area contributed by atoms with E-state index in [1.165, 1.54) is 16.7 Å². The van der Waals surface area contributed by atoms with Crippen LogP contribution < -0.4 is 16.0 Å². The Bertz CT molecular complexity index is 7110. The molecule has 143 heavy (non-hydrogen) atoms. The van der Waals surface area contributed by atoms with E-state index in [0.29, 0.717) is 94.7 Å². The highest BCUT2D eigenvalue weighted by Crippen LogP contribution is 2.55. The minimum Gasteiger partial charge on any atom is -0.464 e. The minimum absolute atomic E-state index is 0.0589. The number of carbonyl (C=O) groups excluding carboxylic acids is 3. The van der Waals surface area contributed by atoms with Gasteiger partial charge in [-0.3, -0.25) is 28.0 Å². The Morgan fingerprint density at radius 3 is 0.797 bits per heavy atom. The predicted octanol–water partition coefficient (Wildman–Crippen LogP) is 27.3. The molecule has 16 nitrogen and oxygen atoms in total. The first-order valence-corrected chi connectivity index (χ1v) is 52.0. The molecule has 18 aromatic rings. The van der Waals surface area contributed by atoms with Crippen LogP contribution >= 0.6 is 7.82 Å². The van der Waals surface area contributed by atoms with Crippen molar-refractivity contribution in [3.05, 3.63) is 461 Å². The molecule has 722 valence electrons. The van der Waals surface area contributed by atoms with Crippen molar-refractivity contribution in [2.75, 3.05) is 19.8 Å². The highest BCUT2D eigenvalue weighted by atomic mass is 31.2. The van der Waals surface area contributed by atoms with Gasteiger partial charge in [-0.15, -0.1) is 0 Å². The molecule has 3 aliphatic rings. The molecule has 12 aromatic carbocycles. The summed E-state index contributed by atoms with van der Waals surface area (Å²) in [4.78, 5) is 45.9. The van der Waals surface area contributed by atoms with E-state index in [4.69, 9.17) is 26.8 Å². The molecular weight excluding hydrogens is 1790 g/mol. The second-order valence-electron chi connectivity index (χ2n) is 40.2.